The van der Waals surface area contributed by atoms with Gasteiger partial charge in [-0.2, -0.15) is 5.10 Å². The van der Waals surface area contributed by atoms with Gasteiger partial charge in [-0.15, -0.1) is 0 Å². The Kier molecular flexibility index (Phi) is 4.14. The molecule has 108 valence electrons. The number of halogens is 2. The van der Waals surface area contributed by atoms with Gasteiger partial charge in [0.1, 0.15) is 16.2 Å². The summed E-state index contributed by atoms with van der Waals surface area (Å²) in [6, 6.07) is -0.194. The highest BCUT2D eigenvalue weighted by Crippen LogP contribution is 2.23. The molecule has 0 unspecified atom stereocenters. The molecule has 2 atom stereocenters. The molecule has 1 fully saturated rings. The number of aromatic nitrogens is 2. The largest absolute Gasteiger partial charge is 0.310 e. The lowest BCUT2D eigenvalue weighted by atomic mass is 10.2. The van der Waals surface area contributed by atoms with Crippen LogP contribution in [0.15, 0.2) is 4.90 Å². The number of aryl methyl sites for hydroxylation is 2. The maximum Gasteiger partial charge on any atom is 0.245 e. The topological polar surface area (TPSA) is 76.0 Å². The lowest BCUT2D eigenvalue weighted by molar-refractivity contribution is 0.355. The fourth-order valence-corrected chi connectivity index (χ4v) is 3.95. The van der Waals surface area contributed by atoms with Crippen molar-refractivity contribution in [3.63, 3.8) is 0 Å². The highest BCUT2D eigenvalue weighted by atomic mass is 35.5. The van der Waals surface area contributed by atoms with Crippen LogP contribution in [0.3, 0.4) is 0 Å². The molecule has 2 rings (SSSR count). The third-order valence-electron chi connectivity index (χ3n) is 3.06. The van der Waals surface area contributed by atoms with Crippen LogP contribution in [0.1, 0.15) is 12.1 Å². The smallest absolute Gasteiger partial charge is 0.245 e. The number of nitrogens with zero attached hydrogens (tertiary/aromatic N) is 2. The van der Waals surface area contributed by atoms with Gasteiger partial charge in [0.15, 0.2) is 0 Å². The van der Waals surface area contributed by atoms with E-state index in [9.17, 15) is 12.8 Å². The molecule has 1 aromatic rings. The fourth-order valence-electron chi connectivity index (χ4n) is 2.12. The number of nitrogens with one attached hydrogen (secondary N) is 2. The van der Waals surface area contributed by atoms with E-state index in [1.807, 2.05) is 0 Å². The van der Waals surface area contributed by atoms with E-state index in [2.05, 4.69) is 15.1 Å². The summed E-state index contributed by atoms with van der Waals surface area (Å²) in [5.74, 6) is 0. The number of alkyl halides is 1. The second-order valence-corrected chi connectivity index (χ2v) is 6.68. The van der Waals surface area contributed by atoms with Crippen LogP contribution in [0.4, 0.5) is 4.39 Å². The van der Waals surface area contributed by atoms with Gasteiger partial charge < -0.3 is 5.32 Å². The summed E-state index contributed by atoms with van der Waals surface area (Å²) in [7, 11) is -2.16. The fraction of sp³-hybridized carbons (Fsp3) is 0.700. The van der Waals surface area contributed by atoms with Crippen molar-refractivity contribution >= 4 is 21.6 Å². The first-order valence-electron chi connectivity index (χ1n) is 5.87. The van der Waals surface area contributed by atoms with E-state index in [-0.39, 0.29) is 29.2 Å². The first-order valence-corrected chi connectivity index (χ1v) is 7.73. The Labute approximate surface area is 116 Å². The minimum Gasteiger partial charge on any atom is -0.310 e. The predicted molar refractivity (Wildman–Crippen MR) is 69.4 cm³/mol. The molecule has 0 spiro atoms. The van der Waals surface area contributed by atoms with Gasteiger partial charge in [-0.3, -0.25) is 4.68 Å². The van der Waals surface area contributed by atoms with Crippen molar-refractivity contribution in [2.45, 2.75) is 30.5 Å². The summed E-state index contributed by atoms with van der Waals surface area (Å²) in [5.41, 5.74) is 0.336. The normalized spacial score (nSPS) is 24.0. The van der Waals surface area contributed by atoms with Gasteiger partial charge in [-0.25, -0.2) is 17.5 Å². The number of hydrogen-bond donors (Lipinski definition) is 2. The van der Waals surface area contributed by atoms with E-state index in [1.54, 1.807) is 14.0 Å². The van der Waals surface area contributed by atoms with Gasteiger partial charge in [0.05, 0.1) is 5.69 Å². The summed E-state index contributed by atoms with van der Waals surface area (Å²) < 4.78 is 41.0. The Balaban J connectivity index is 2.10. The molecule has 2 heterocycles. The second kappa shape index (κ2) is 5.35. The van der Waals surface area contributed by atoms with E-state index >= 15 is 0 Å². The molecule has 6 nitrogen and oxygen atoms in total. The number of sulfonamides is 1. The molecule has 1 saturated heterocycles. The Morgan fingerprint density at radius 1 is 1.63 bits per heavy atom. The monoisotopic (exact) mass is 310 g/mol. The van der Waals surface area contributed by atoms with Gasteiger partial charge in [-0.1, -0.05) is 11.6 Å². The highest BCUT2D eigenvalue weighted by molar-refractivity contribution is 7.89. The van der Waals surface area contributed by atoms with Crippen molar-refractivity contribution in [3.05, 3.63) is 10.8 Å². The van der Waals surface area contributed by atoms with Crippen molar-refractivity contribution in [2.24, 2.45) is 7.05 Å². The van der Waals surface area contributed by atoms with Gasteiger partial charge in [0.25, 0.3) is 0 Å². The first-order chi connectivity index (χ1) is 8.81. The van der Waals surface area contributed by atoms with Crippen LogP contribution in [0, 0.1) is 6.92 Å². The van der Waals surface area contributed by atoms with Crippen molar-refractivity contribution in [1.29, 1.82) is 0 Å². The predicted octanol–water partition coefficient (Wildman–Crippen LogP) is 0.360. The first kappa shape index (κ1) is 14.7. The molecule has 0 aliphatic carbocycles. The summed E-state index contributed by atoms with van der Waals surface area (Å²) in [6.07, 6.45) is -0.611. The van der Waals surface area contributed by atoms with Gasteiger partial charge >= 0.3 is 0 Å². The quantitative estimate of drug-likeness (QED) is 0.842. The molecule has 1 aliphatic heterocycles. The van der Waals surface area contributed by atoms with E-state index < -0.39 is 16.2 Å². The van der Waals surface area contributed by atoms with Crippen LogP contribution in [0.2, 0.25) is 5.15 Å². The molecule has 2 N–H and O–H groups in total. The second-order valence-electron chi connectivity index (χ2n) is 4.62. The number of hydrogen-bond acceptors (Lipinski definition) is 4. The molecule has 0 saturated carbocycles. The molecular weight excluding hydrogens is 295 g/mol. The molecule has 1 aliphatic rings. The highest BCUT2D eigenvalue weighted by Gasteiger charge is 2.28. The van der Waals surface area contributed by atoms with Crippen molar-refractivity contribution in [1.82, 2.24) is 19.8 Å². The SMILES string of the molecule is Cc1nn(C)c(Cl)c1S(=O)(=O)NC[C@@H]1C[C@H](F)CN1. The molecule has 9 heteroatoms. The van der Waals surface area contributed by atoms with Crippen LogP contribution in [0.5, 0.6) is 0 Å². The summed E-state index contributed by atoms with van der Waals surface area (Å²) in [5, 5.41) is 6.93. The molecule has 0 aromatic carbocycles. The Morgan fingerprint density at radius 3 is 2.79 bits per heavy atom. The van der Waals surface area contributed by atoms with Crippen molar-refractivity contribution in [3.8, 4) is 0 Å². The van der Waals surface area contributed by atoms with E-state index in [1.165, 1.54) is 4.68 Å². The Morgan fingerprint density at radius 2 is 2.32 bits per heavy atom. The molecule has 1 aromatic heterocycles. The average Bonchev–Trinajstić information content (AvgIpc) is 2.82. The maximum absolute atomic E-state index is 13.0. The summed E-state index contributed by atoms with van der Waals surface area (Å²) in [4.78, 5) is -0.0218. The van der Waals surface area contributed by atoms with Gasteiger partial charge in [0.2, 0.25) is 10.0 Å². The zero-order valence-corrected chi connectivity index (χ0v) is 12.2. The minimum absolute atomic E-state index is 0.0218. The lowest BCUT2D eigenvalue weighted by Crippen LogP contribution is -2.37. The third kappa shape index (κ3) is 3.07. The zero-order chi connectivity index (χ0) is 14.2. The van der Waals surface area contributed by atoms with Crippen molar-refractivity contribution < 1.29 is 12.8 Å². The standard InChI is InChI=1S/C10H16ClFN4O2S/c1-6-9(10(11)16(2)15-6)19(17,18)14-5-8-3-7(12)4-13-8/h7-8,13-14H,3-5H2,1-2H3/t7-,8-/m0/s1. The van der Waals surface area contributed by atoms with Crippen LogP contribution in [0.25, 0.3) is 0 Å². The molecular formula is C10H16ClFN4O2S. The molecule has 0 amide bonds. The van der Waals surface area contributed by atoms with Crippen molar-refractivity contribution in [2.75, 3.05) is 13.1 Å². The summed E-state index contributed by atoms with van der Waals surface area (Å²) >= 11 is 5.92. The third-order valence-corrected chi connectivity index (χ3v) is 5.18. The van der Waals surface area contributed by atoms with Crippen LogP contribution >= 0.6 is 11.6 Å². The van der Waals surface area contributed by atoms with Crippen LogP contribution in [-0.2, 0) is 17.1 Å². The molecule has 0 bridgehead atoms. The minimum atomic E-state index is -3.73. The average molecular weight is 311 g/mol. The van der Waals surface area contributed by atoms with Gasteiger partial charge in [-0.05, 0) is 13.3 Å². The van der Waals surface area contributed by atoms with E-state index in [4.69, 9.17) is 11.6 Å². The Bertz CT molecular complexity index is 574. The Hall–Kier alpha value is -0.700. The van der Waals surface area contributed by atoms with E-state index in [0.29, 0.717) is 12.1 Å². The maximum atomic E-state index is 13.0. The summed E-state index contributed by atoms with van der Waals surface area (Å²) in [6.45, 7) is 1.97. The molecule has 0 radical (unpaired) electrons. The van der Waals surface area contributed by atoms with Crippen LogP contribution in [-0.4, -0.2) is 43.5 Å². The van der Waals surface area contributed by atoms with E-state index in [0.717, 1.165) is 0 Å². The lowest BCUT2D eigenvalue weighted by Gasteiger charge is -2.11. The van der Waals surface area contributed by atoms with Crippen LogP contribution < -0.4 is 10.0 Å². The van der Waals surface area contributed by atoms with Gasteiger partial charge in [0, 0.05) is 26.2 Å². The number of rotatable bonds is 4. The zero-order valence-electron chi connectivity index (χ0n) is 10.7. The molecule has 19 heavy (non-hydrogen) atoms.